The molecule has 2 N–H and O–H groups in total. The molecule has 0 bridgehead atoms. The van der Waals surface area contributed by atoms with Gasteiger partial charge in [0.2, 0.25) is 0 Å². The van der Waals surface area contributed by atoms with Gasteiger partial charge in [-0.1, -0.05) is 133 Å². The van der Waals surface area contributed by atoms with Crippen LogP contribution in [0.1, 0.15) is 90.0 Å². The van der Waals surface area contributed by atoms with Gasteiger partial charge in [-0.25, -0.2) is 9.98 Å². The van der Waals surface area contributed by atoms with E-state index in [1.54, 1.807) is 0 Å². The van der Waals surface area contributed by atoms with Gasteiger partial charge in [0, 0.05) is 45.5 Å². The Morgan fingerprint density at radius 3 is 1.16 bits per heavy atom. The minimum Gasteiger partial charge on any atom is -0.344 e. The van der Waals surface area contributed by atoms with Crippen LogP contribution in [-0.2, 0) is 0 Å². The number of rotatable bonds is 19. The molecule has 352 valence electrons. The number of nitrogens with zero attached hydrogens (tertiary/aromatic N) is 6. The molecule has 0 amide bonds. The molecule has 6 aromatic rings. The van der Waals surface area contributed by atoms with E-state index in [2.05, 4.69) is 226 Å². The van der Waals surface area contributed by atoms with Crippen LogP contribution < -0.4 is 21.2 Å². The molecule has 0 aromatic heterocycles. The normalized spacial score (nSPS) is 11.2. The largest absolute Gasteiger partial charge is 0.344 e. The van der Waals surface area contributed by atoms with Crippen molar-refractivity contribution < 1.29 is 0 Å². The summed E-state index contributed by atoms with van der Waals surface area (Å²) < 4.78 is 0. The summed E-state index contributed by atoms with van der Waals surface area (Å²) in [5, 5.41) is 9.90. The van der Waals surface area contributed by atoms with E-state index < -0.39 is 7.92 Å². The molecule has 6 aromatic carbocycles. The lowest BCUT2D eigenvalue weighted by molar-refractivity contribution is 0.696. The number of amidine groups is 2. The fourth-order valence-electron chi connectivity index (χ4n) is 7.69. The number of nitrogens with one attached hydrogen (secondary N) is 2. The number of unbranched alkanes of at least 4 members (excludes halogenated alkanes) is 4. The average Bonchev–Trinajstić information content (AvgIpc) is 3.32. The van der Waals surface area contributed by atoms with Crippen LogP contribution in [0.4, 0.5) is 22.7 Å². The molecule has 0 aliphatic heterocycles. The SMILES string of the molecule is CC(=NCCCCCN=C(Nc1c(C)cccc1C)P(c1ccccc1)c1ccccc1)Nc1c(C)cccc1C.Cc1cccc(C)c1N=C=NCCCCCN=C=Nc1c(C)cccc1C. The van der Waals surface area contributed by atoms with Crippen molar-refractivity contribution in [1.29, 1.82) is 0 Å². The second-order valence-electron chi connectivity index (χ2n) is 17.3. The maximum Gasteiger partial charge on any atom is 0.133 e. The standard InChI is InChI=1S/C36H43N4P.C23H28N4/c1-27-17-15-18-28(2)34(27)39-31(5)37-25-13-8-14-26-38-36(40-35-29(3)19-16-20-30(35)4)41(32-21-9-6-10-22-32)33-23-11-7-12-24-33;1-18-10-8-11-19(2)22(18)26-16-24-14-6-5-7-15-25-17-27-23-20(3)12-9-13-21(23)4/h6-7,9-12,15-24H,8,13-14,25-26H2,1-5H3,(H,37,39)(H,38,40);8-13H,5-7,14-15H2,1-4H3. The highest BCUT2D eigenvalue weighted by Crippen LogP contribution is 2.37. The molecule has 0 unspecified atom stereocenters. The first-order valence-corrected chi connectivity index (χ1v) is 25.4. The van der Waals surface area contributed by atoms with Crippen LogP contribution in [-0.4, -0.2) is 49.6 Å². The van der Waals surface area contributed by atoms with E-state index in [1.807, 2.05) is 12.1 Å². The van der Waals surface area contributed by atoms with E-state index in [9.17, 15) is 0 Å². The Morgan fingerprint density at radius 1 is 0.397 bits per heavy atom. The molecule has 0 aliphatic carbocycles. The highest BCUT2D eigenvalue weighted by Gasteiger charge is 2.22. The maximum absolute atomic E-state index is 5.25. The Morgan fingerprint density at radius 2 is 0.750 bits per heavy atom. The highest BCUT2D eigenvalue weighted by molar-refractivity contribution is 7.88. The molecule has 0 spiro atoms. The van der Waals surface area contributed by atoms with Crippen LogP contribution in [0.15, 0.2) is 163 Å². The summed E-state index contributed by atoms with van der Waals surface area (Å²) in [5.74, 6) is 0.969. The number of hydrogen-bond donors (Lipinski definition) is 2. The van der Waals surface area contributed by atoms with Crippen molar-refractivity contribution >= 4 is 64.7 Å². The van der Waals surface area contributed by atoms with E-state index >= 15 is 0 Å². The number of aryl methyl sites for hydroxylation is 8. The Bertz CT molecular complexity index is 2520. The summed E-state index contributed by atoms with van der Waals surface area (Å²) >= 11 is 0. The van der Waals surface area contributed by atoms with Crippen molar-refractivity contribution in [2.24, 2.45) is 30.0 Å². The molecule has 0 heterocycles. The van der Waals surface area contributed by atoms with Gasteiger partial charge in [-0.05, 0) is 156 Å². The zero-order valence-corrected chi connectivity index (χ0v) is 42.8. The number of benzene rings is 6. The number of para-hydroxylation sites is 4. The van der Waals surface area contributed by atoms with Gasteiger partial charge in [-0.2, -0.15) is 9.98 Å². The molecule has 0 saturated heterocycles. The Labute approximate surface area is 408 Å². The summed E-state index contributed by atoms with van der Waals surface area (Å²) in [6.07, 6.45) is 6.27. The van der Waals surface area contributed by atoms with E-state index in [4.69, 9.17) is 9.98 Å². The predicted octanol–water partition coefficient (Wildman–Crippen LogP) is 14.9. The predicted molar refractivity (Wildman–Crippen MR) is 297 cm³/mol. The number of anilines is 2. The van der Waals surface area contributed by atoms with E-state index in [0.29, 0.717) is 0 Å². The number of hydrogen-bond acceptors (Lipinski definition) is 6. The second kappa shape index (κ2) is 28.6. The van der Waals surface area contributed by atoms with E-state index in [-0.39, 0.29) is 0 Å². The highest BCUT2D eigenvalue weighted by atomic mass is 31.1. The molecule has 8 nitrogen and oxygen atoms in total. The van der Waals surface area contributed by atoms with Gasteiger partial charge in [-0.15, -0.1) is 0 Å². The zero-order chi connectivity index (χ0) is 48.5. The van der Waals surface area contributed by atoms with Gasteiger partial charge in [-0.3, -0.25) is 9.98 Å². The lowest BCUT2D eigenvalue weighted by atomic mass is 10.1. The first kappa shape index (κ1) is 52.4. The van der Waals surface area contributed by atoms with Crippen LogP contribution in [0.2, 0.25) is 0 Å². The van der Waals surface area contributed by atoms with Crippen LogP contribution in [0.25, 0.3) is 0 Å². The lowest BCUT2D eigenvalue weighted by Gasteiger charge is -2.24. The second-order valence-corrected chi connectivity index (χ2v) is 19.4. The van der Waals surface area contributed by atoms with Crippen LogP contribution in [0, 0.1) is 55.4 Å². The van der Waals surface area contributed by atoms with Crippen molar-refractivity contribution in [2.45, 2.75) is 101 Å². The fraction of sp³-hybridized carbons (Fsp3) is 0.322. The summed E-state index contributed by atoms with van der Waals surface area (Å²) in [4.78, 5) is 27.2. The van der Waals surface area contributed by atoms with Gasteiger partial charge in [0.05, 0.1) is 29.2 Å². The summed E-state index contributed by atoms with van der Waals surface area (Å²) in [7, 11) is -0.820. The molecule has 0 aliphatic rings. The first-order chi connectivity index (χ1) is 33.0. The van der Waals surface area contributed by atoms with Crippen molar-refractivity contribution in [3.8, 4) is 0 Å². The molecular weight excluding hydrogens is 852 g/mol. The van der Waals surface area contributed by atoms with Crippen molar-refractivity contribution in [2.75, 3.05) is 36.8 Å². The molecular formula is C59H71N8P. The van der Waals surface area contributed by atoms with Gasteiger partial charge < -0.3 is 10.6 Å². The van der Waals surface area contributed by atoms with Crippen LogP contribution in [0.5, 0.6) is 0 Å². The quantitative estimate of drug-likeness (QED) is 0.0366. The summed E-state index contributed by atoms with van der Waals surface area (Å²) in [6, 6.07) is 52.3. The fourth-order valence-corrected chi connectivity index (χ4v) is 9.89. The average molecular weight is 923 g/mol. The van der Waals surface area contributed by atoms with Gasteiger partial charge in [0.1, 0.15) is 5.58 Å². The third-order valence-corrected chi connectivity index (χ3v) is 13.9. The molecule has 0 fully saturated rings. The topological polar surface area (TPSA) is 98.2 Å². The summed E-state index contributed by atoms with van der Waals surface area (Å²) in [6.45, 7) is 22.0. The van der Waals surface area contributed by atoms with Crippen LogP contribution in [0.3, 0.4) is 0 Å². The third kappa shape index (κ3) is 17.0. The van der Waals surface area contributed by atoms with Crippen LogP contribution >= 0.6 is 7.92 Å². The van der Waals surface area contributed by atoms with E-state index in [1.165, 1.54) is 38.6 Å². The smallest absolute Gasteiger partial charge is 0.133 e. The van der Waals surface area contributed by atoms with Crippen molar-refractivity contribution in [3.05, 3.63) is 178 Å². The lowest BCUT2D eigenvalue weighted by Crippen LogP contribution is -2.24. The van der Waals surface area contributed by atoms with Gasteiger partial charge in [0.25, 0.3) is 0 Å². The monoisotopic (exact) mass is 923 g/mol. The molecule has 0 atom stereocenters. The Hall–Kier alpha value is -6.55. The molecule has 9 heteroatoms. The Kier molecular flexibility index (Phi) is 22.0. The van der Waals surface area contributed by atoms with Crippen molar-refractivity contribution in [3.63, 3.8) is 0 Å². The van der Waals surface area contributed by atoms with Gasteiger partial charge >= 0.3 is 0 Å². The minimum absolute atomic E-state index is 0.745. The van der Waals surface area contributed by atoms with E-state index in [0.717, 1.165) is 115 Å². The molecule has 6 rings (SSSR count). The Balaban J connectivity index is 0.000000278. The molecule has 0 saturated carbocycles. The van der Waals surface area contributed by atoms with Crippen molar-refractivity contribution in [1.82, 2.24) is 0 Å². The zero-order valence-electron chi connectivity index (χ0n) is 41.9. The number of aliphatic imine (C=N–C) groups is 6. The minimum atomic E-state index is -0.820. The maximum atomic E-state index is 5.25. The summed E-state index contributed by atoms with van der Waals surface area (Å²) in [5.41, 5.74) is 14.9. The van der Waals surface area contributed by atoms with Gasteiger partial charge in [0.15, 0.2) is 0 Å². The molecule has 0 radical (unpaired) electrons. The first-order valence-electron chi connectivity index (χ1n) is 24.0. The molecule has 68 heavy (non-hydrogen) atoms. The third-order valence-electron chi connectivity index (χ3n) is 11.6.